The lowest BCUT2D eigenvalue weighted by atomic mass is 10.1. The molecule has 2 heterocycles. The fourth-order valence-corrected chi connectivity index (χ4v) is 2.47. The molecule has 3 rings (SSSR count). The van der Waals surface area contributed by atoms with Crippen LogP contribution in [0.5, 0.6) is 0 Å². The molecule has 2 aliphatic rings. The number of carbonyl (C=O) groups is 1. The lowest BCUT2D eigenvalue weighted by Gasteiger charge is -2.28. The Balaban J connectivity index is 1.61. The summed E-state index contributed by atoms with van der Waals surface area (Å²) in [6, 6.07) is 9.66. The van der Waals surface area contributed by atoms with Gasteiger partial charge in [0.2, 0.25) is 12.1 Å². The van der Waals surface area contributed by atoms with Crippen LogP contribution < -0.4 is 0 Å². The van der Waals surface area contributed by atoms with Gasteiger partial charge in [0, 0.05) is 0 Å². The number of hydrogen-bond donors (Lipinski definition) is 0. The molecular weight excluding hydrogens is 260 g/mol. The fraction of sp³-hybridized carbons (Fsp3) is 0.533. The number of Topliss-reactive ketones (excluding diaryl/α,β-unsaturated/α-hetero) is 1. The highest BCUT2D eigenvalue weighted by Gasteiger charge is 2.50. The van der Waals surface area contributed by atoms with Crippen molar-refractivity contribution >= 4 is 5.78 Å². The smallest absolute Gasteiger partial charge is 0.221 e. The zero-order chi connectivity index (χ0) is 14.2. The van der Waals surface area contributed by atoms with Crippen LogP contribution in [0.2, 0.25) is 0 Å². The Hall–Kier alpha value is -1.27. The molecule has 0 saturated carbocycles. The SMILES string of the molecule is CC1(C)O[C@@H]2CO[C@H](OCc3ccccc3)C(=O)[C@@H]2O1. The number of carbonyl (C=O) groups excluding carboxylic acids is 1. The van der Waals surface area contributed by atoms with Crippen molar-refractivity contribution in [1.29, 1.82) is 0 Å². The van der Waals surface area contributed by atoms with Gasteiger partial charge in [0.1, 0.15) is 6.10 Å². The zero-order valence-electron chi connectivity index (χ0n) is 11.6. The van der Waals surface area contributed by atoms with E-state index in [1.807, 2.05) is 30.3 Å². The summed E-state index contributed by atoms with van der Waals surface area (Å²) >= 11 is 0. The minimum absolute atomic E-state index is 0.206. The predicted octanol–water partition coefficient (Wildman–Crippen LogP) is 1.65. The van der Waals surface area contributed by atoms with E-state index >= 15 is 0 Å². The van der Waals surface area contributed by atoms with Gasteiger partial charge in [0.25, 0.3) is 0 Å². The van der Waals surface area contributed by atoms with Gasteiger partial charge in [-0.2, -0.15) is 0 Å². The maximum Gasteiger partial charge on any atom is 0.221 e. The summed E-state index contributed by atoms with van der Waals surface area (Å²) in [7, 11) is 0. The van der Waals surface area contributed by atoms with Crippen molar-refractivity contribution in [1.82, 2.24) is 0 Å². The second-order valence-electron chi connectivity index (χ2n) is 5.46. The molecule has 2 aliphatic heterocycles. The Morgan fingerprint density at radius 2 is 2.00 bits per heavy atom. The van der Waals surface area contributed by atoms with E-state index in [9.17, 15) is 4.79 Å². The van der Waals surface area contributed by atoms with Crippen LogP contribution >= 0.6 is 0 Å². The van der Waals surface area contributed by atoms with E-state index in [4.69, 9.17) is 18.9 Å². The number of rotatable bonds is 3. The van der Waals surface area contributed by atoms with Crippen LogP contribution in [0.15, 0.2) is 30.3 Å². The van der Waals surface area contributed by atoms with Gasteiger partial charge < -0.3 is 18.9 Å². The summed E-state index contributed by atoms with van der Waals surface area (Å²) in [5, 5.41) is 0. The first-order valence-electron chi connectivity index (χ1n) is 6.72. The van der Waals surface area contributed by atoms with Gasteiger partial charge in [-0.3, -0.25) is 4.79 Å². The molecule has 0 aliphatic carbocycles. The highest BCUT2D eigenvalue weighted by molar-refractivity contribution is 5.87. The van der Waals surface area contributed by atoms with Crippen molar-refractivity contribution in [3.63, 3.8) is 0 Å². The van der Waals surface area contributed by atoms with Crippen LogP contribution in [0.4, 0.5) is 0 Å². The average molecular weight is 278 g/mol. The molecule has 5 heteroatoms. The molecule has 1 aromatic carbocycles. The Bertz CT molecular complexity index is 484. The van der Waals surface area contributed by atoms with E-state index in [1.54, 1.807) is 13.8 Å². The summed E-state index contributed by atoms with van der Waals surface area (Å²) in [5.41, 5.74) is 0.995. The Morgan fingerprint density at radius 1 is 1.25 bits per heavy atom. The second kappa shape index (κ2) is 5.26. The van der Waals surface area contributed by atoms with Gasteiger partial charge in [-0.25, -0.2) is 0 Å². The minimum Gasteiger partial charge on any atom is -0.343 e. The third kappa shape index (κ3) is 2.76. The molecule has 0 aromatic heterocycles. The van der Waals surface area contributed by atoms with Crippen LogP contribution in [0.25, 0.3) is 0 Å². The lowest BCUT2D eigenvalue weighted by Crippen LogP contribution is -2.49. The van der Waals surface area contributed by atoms with Gasteiger partial charge in [-0.1, -0.05) is 30.3 Å². The third-order valence-electron chi connectivity index (χ3n) is 3.35. The molecular formula is C15H18O5. The van der Waals surface area contributed by atoms with E-state index in [-0.39, 0.29) is 11.9 Å². The Morgan fingerprint density at radius 3 is 2.75 bits per heavy atom. The van der Waals surface area contributed by atoms with E-state index in [0.29, 0.717) is 13.2 Å². The maximum absolute atomic E-state index is 12.3. The van der Waals surface area contributed by atoms with Gasteiger partial charge >= 0.3 is 0 Å². The van der Waals surface area contributed by atoms with Crippen LogP contribution in [0.3, 0.4) is 0 Å². The Labute approximate surface area is 117 Å². The van der Waals surface area contributed by atoms with Crippen molar-refractivity contribution in [3.8, 4) is 0 Å². The summed E-state index contributed by atoms with van der Waals surface area (Å²) in [4.78, 5) is 12.3. The maximum atomic E-state index is 12.3. The van der Waals surface area contributed by atoms with Crippen LogP contribution in [-0.4, -0.2) is 36.7 Å². The molecule has 2 saturated heterocycles. The molecule has 0 unspecified atom stereocenters. The molecule has 3 atom stereocenters. The standard InChI is InChI=1S/C15H18O5/c1-15(2)19-11-9-18-14(12(16)13(11)20-15)17-8-10-6-4-3-5-7-10/h3-7,11,13-14H,8-9H2,1-2H3/t11-,13-,14+/m1/s1. The molecule has 0 bridgehead atoms. The highest BCUT2D eigenvalue weighted by atomic mass is 16.8. The average Bonchev–Trinajstić information content (AvgIpc) is 2.75. The number of ether oxygens (including phenoxy) is 4. The van der Waals surface area contributed by atoms with E-state index < -0.39 is 18.2 Å². The minimum atomic E-state index is -0.881. The molecule has 20 heavy (non-hydrogen) atoms. The van der Waals surface area contributed by atoms with E-state index in [1.165, 1.54) is 0 Å². The number of hydrogen-bond acceptors (Lipinski definition) is 5. The van der Waals surface area contributed by atoms with Gasteiger partial charge in [-0.15, -0.1) is 0 Å². The van der Waals surface area contributed by atoms with Crippen molar-refractivity contribution in [2.45, 2.75) is 44.7 Å². The molecule has 2 fully saturated rings. The van der Waals surface area contributed by atoms with E-state index in [0.717, 1.165) is 5.56 Å². The first kappa shape index (κ1) is 13.7. The fourth-order valence-electron chi connectivity index (χ4n) is 2.47. The quantitative estimate of drug-likeness (QED) is 0.841. The van der Waals surface area contributed by atoms with Crippen molar-refractivity contribution in [2.24, 2.45) is 0 Å². The molecule has 0 N–H and O–H groups in total. The first-order valence-corrected chi connectivity index (χ1v) is 6.72. The number of ketones is 1. The van der Waals surface area contributed by atoms with Crippen molar-refractivity contribution in [2.75, 3.05) is 6.61 Å². The van der Waals surface area contributed by atoms with Crippen LogP contribution in [-0.2, 0) is 30.3 Å². The largest absolute Gasteiger partial charge is 0.343 e. The second-order valence-corrected chi connectivity index (χ2v) is 5.46. The molecule has 0 spiro atoms. The number of benzene rings is 1. The lowest BCUT2D eigenvalue weighted by molar-refractivity contribution is -0.200. The summed E-state index contributed by atoms with van der Waals surface area (Å²) in [5.74, 6) is -0.953. The normalized spacial score (nSPS) is 32.1. The molecule has 1 aromatic rings. The third-order valence-corrected chi connectivity index (χ3v) is 3.35. The monoisotopic (exact) mass is 278 g/mol. The predicted molar refractivity (Wildman–Crippen MR) is 69.8 cm³/mol. The summed E-state index contributed by atoms with van der Waals surface area (Å²) < 4.78 is 22.2. The Kier molecular flexibility index (Phi) is 3.60. The van der Waals surface area contributed by atoms with E-state index in [2.05, 4.69) is 0 Å². The summed E-state index contributed by atoms with van der Waals surface area (Å²) in [6.07, 6.45) is -1.82. The molecule has 108 valence electrons. The zero-order valence-corrected chi connectivity index (χ0v) is 11.6. The topological polar surface area (TPSA) is 54.0 Å². The van der Waals surface area contributed by atoms with Gasteiger partial charge in [0.05, 0.1) is 13.2 Å². The molecule has 5 nitrogen and oxygen atoms in total. The summed E-state index contributed by atoms with van der Waals surface area (Å²) in [6.45, 7) is 4.22. The highest BCUT2D eigenvalue weighted by Crippen LogP contribution is 2.32. The van der Waals surface area contributed by atoms with Gasteiger partial charge in [0.15, 0.2) is 11.9 Å². The van der Waals surface area contributed by atoms with Crippen molar-refractivity contribution < 1.29 is 23.7 Å². The van der Waals surface area contributed by atoms with Gasteiger partial charge in [-0.05, 0) is 19.4 Å². The van der Waals surface area contributed by atoms with Crippen LogP contribution in [0, 0.1) is 0 Å². The molecule has 0 radical (unpaired) electrons. The van der Waals surface area contributed by atoms with Crippen molar-refractivity contribution in [3.05, 3.63) is 35.9 Å². The number of fused-ring (bicyclic) bond motifs is 1. The first-order chi connectivity index (χ1) is 9.55. The molecule has 0 amide bonds. The van der Waals surface area contributed by atoms with Crippen LogP contribution in [0.1, 0.15) is 19.4 Å².